The number of hydrogen-bond acceptors (Lipinski definition) is 4. The topological polar surface area (TPSA) is 93.0 Å². The van der Waals surface area contributed by atoms with Crippen molar-refractivity contribution in [3.63, 3.8) is 0 Å². The second-order valence-corrected chi connectivity index (χ2v) is 3.98. The molecule has 0 aliphatic heterocycles. The van der Waals surface area contributed by atoms with Crippen LogP contribution in [0.2, 0.25) is 0 Å². The first-order valence-corrected chi connectivity index (χ1v) is 4.84. The van der Waals surface area contributed by atoms with Crippen molar-refractivity contribution in [1.29, 1.82) is 5.26 Å². The van der Waals surface area contributed by atoms with Gasteiger partial charge in [0.2, 0.25) is 0 Å². The summed E-state index contributed by atoms with van der Waals surface area (Å²) in [5.74, 6) is 0. The van der Waals surface area contributed by atoms with E-state index in [2.05, 4.69) is 0 Å². The van der Waals surface area contributed by atoms with Gasteiger partial charge in [0.15, 0.2) is 6.21 Å². The highest BCUT2D eigenvalue weighted by atomic mass is 16.6. The third-order valence-corrected chi connectivity index (χ3v) is 2.17. The van der Waals surface area contributed by atoms with Crippen LogP contribution < -0.4 is 0 Å². The number of rotatable bonds is 3. The Kier molecular flexibility index (Phi) is 3.43. The maximum absolute atomic E-state index is 11.6. The SMILES string of the molecule is CC(C)(C#N)/[N+]([O-])=C\c1cccc([N+](=O)[O-])c1. The van der Waals surface area contributed by atoms with Gasteiger partial charge in [-0.2, -0.15) is 10.0 Å². The Bertz CT molecular complexity index is 515. The molecule has 1 rings (SSSR count). The summed E-state index contributed by atoms with van der Waals surface area (Å²) in [4.78, 5) is 10.00. The van der Waals surface area contributed by atoms with Gasteiger partial charge in [0.25, 0.3) is 11.2 Å². The summed E-state index contributed by atoms with van der Waals surface area (Å²) in [7, 11) is 0. The molecule has 0 saturated carbocycles. The molecule has 0 aromatic heterocycles. The lowest BCUT2D eigenvalue weighted by molar-refractivity contribution is -0.517. The average Bonchev–Trinajstić information content (AvgIpc) is 2.29. The molecule has 0 heterocycles. The van der Waals surface area contributed by atoms with Gasteiger partial charge in [0.05, 0.1) is 4.92 Å². The van der Waals surface area contributed by atoms with E-state index in [9.17, 15) is 15.3 Å². The normalized spacial score (nSPS) is 11.9. The van der Waals surface area contributed by atoms with Crippen molar-refractivity contribution in [3.05, 3.63) is 45.2 Å². The number of nitro groups is 1. The summed E-state index contributed by atoms with van der Waals surface area (Å²) in [5, 5.41) is 30.9. The van der Waals surface area contributed by atoms with E-state index < -0.39 is 10.5 Å². The van der Waals surface area contributed by atoms with Crippen LogP contribution in [0.1, 0.15) is 19.4 Å². The van der Waals surface area contributed by atoms with Crippen LogP contribution in [-0.2, 0) is 0 Å². The molecule has 0 atom stereocenters. The van der Waals surface area contributed by atoms with Gasteiger partial charge in [-0.1, -0.05) is 6.07 Å². The van der Waals surface area contributed by atoms with Crippen LogP contribution in [0, 0.1) is 26.7 Å². The van der Waals surface area contributed by atoms with Crippen LogP contribution in [0.4, 0.5) is 5.69 Å². The van der Waals surface area contributed by atoms with Gasteiger partial charge in [0, 0.05) is 31.5 Å². The summed E-state index contributed by atoms with van der Waals surface area (Å²) in [5.41, 5.74) is -0.913. The largest absolute Gasteiger partial charge is 0.623 e. The van der Waals surface area contributed by atoms with Crippen molar-refractivity contribution in [2.75, 3.05) is 0 Å². The van der Waals surface area contributed by atoms with Crippen molar-refractivity contribution in [1.82, 2.24) is 0 Å². The van der Waals surface area contributed by atoms with Gasteiger partial charge in [-0.15, -0.1) is 0 Å². The number of benzene rings is 1. The summed E-state index contributed by atoms with van der Waals surface area (Å²) in [6.45, 7) is 2.93. The number of hydrogen-bond donors (Lipinski definition) is 0. The first-order valence-electron chi connectivity index (χ1n) is 4.84. The first-order chi connectivity index (χ1) is 7.86. The first kappa shape index (κ1) is 12.6. The van der Waals surface area contributed by atoms with E-state index in [-0.39, 0.29) is 5.69 Å². The molecule has 0 aliphatic carbocycles. The van der Waals surface area contributed by atoms with E-state index in [0.29, 0.717) is 10.3 Å². The number of nitrogens with zero attached hydrogens (tertiary/aromatic N) is 3. The van der Waals surface area contributed by atoms with Crippen LogP contribution in [0.5, 0.6) is 0 Å². The lowest BCUT2D eigenvalue weighted by atomic mass is 10.1. The average molecular weight is 233 g/mol. The maximum atomic E-state index is 11.6. The lowest BCUT2D eigenvalue weighted by Gasteiger charge is -2.15. The van der Waals surface area contributed by atoms with Crippen LogP contribution in [0.15, 0.2) is 24.3 Å². The summed E-state index contributed by atoms with van der Waals surface area (Å²) >= 11 is 0. The van der Waals surface area contributed by atoms with E-state index in [0.717, 1.165) is 6.21 Å². The molecular formula is C11H11N3O3. The molecule has 0 fully saturated rings. The van der Waals surface area contributed by atoms with Gasteiger partial charge in [-0.05, 0) is 6.07 Å². The molecule has 0 spiro atoms. The third-order valence-electron chi connectivity index (χ3n) is 2.17. The van der Waals surface area contributed by atoms with Crippen molar-refractivity contribution >= 4 is 11.9 Å². The summed E-state index contributed by atoms with van der Waals surface area (Å²) in [6, 6.07) is 7.50. The molecule has 17 heavy (non-hydrogen) atoms. The third kappa shape index (κ3) is 3.01. The summed E-state index contributed by atoms with van der Waals surface area (Å²) < 4.78 is 0.478. The lowest BCUT2D eigenvalue weighted by Crippen LogP contribution is -2.31. The van der Waals surface area contributed by atoms with Gasteiger partial charge in [-0.3, -0.25) is 10.1 Å². The Labute approximate surface area is 98.2 Å². The van der Waals surface area contributed by atoms with Gasteiger partial charge in [-0.25, -0.2) is 0 Å². The summed E-state index contributed by atoms with van der Waals surface area (Å²) in [6.07, 6.45) is 1.16. The highest BCUT2D eigenvalue weighted by molar-refractivity contribution is 5.77. The molecule has 0 unspecified atom stereocenters. The smallest absolute Gasteiger partial charge is 0.270 e. The Morgan fingerprint density at radius 1 is 1.41 bits per heavy atom. The number of hydroxylamine groups is 1. The second kappa shape index (κ2) is 4.61. The van der Waals surface area contributed by atoms with Crippen LogP contribution in [0.3, 0.4) is 0 Å². The predicted molar refractivity (Wildman–Crippen MR) is 61.6 cm³/mol. The molecule has 0 radical (unpaired) electrons. The van der Waals surface area contributed by atoms with Crippen molar-refractivity contribution < 1.29 is 9.66 Å². The Morgan fingerprint density at radius 2 is 2.06 bits per heavy atom. The molecule has 88 valence electrons. The van der Waals surface area contributed by atoms with Crippen molar-refractivity contribution in [2.45, 2.75) is 19.4 Å². The van der Waals surface area contributed by atoms with Crippen LogP contribution in [-0.4, -0.2) is 21.4 Å². The van der Waals surface area contributed by atoms with E-state index in [1.54, 1.807) is 6.07 Å². The highest BCUT2D eigenvalue weighted by Crippen LogP contribution is 2.12. The van der Waals surface area contributed by atoms with Crippen LogP contribution >= 0.6 is 0 Å². The quantitative estimate of drug-likeness (QED) is 0.261. The molecule has 0 amide bonds. The standard InChI is InChI=1S/C11H11N3O3/c1-11(2,8-12)13(15)7-9-4-3-5-10(6-9)14(16)17/h3-7H,1-2H3/b13-7+. The Morgan fingerprint density at radius 3 is 2.59 bits per heavy atom. The highest BCUT2D eigenvalue weighted by Gasteiger charge is 2.25. The van der Waals surface area contributed by atoms with Crippen LogP contribution in [0.25, 0.3) is 0 Å². The van der Waals surface area contributed by atoms with E-state index >= 15 is 0 Å². The Balaban J connectivity index is 3.12. The minimum atomic E-state index is -1.20. The molecule has 1 aromatic rings. The second-order valence-electron chi connectivity index (χ2n) is 3.98. The van der Waals surface area contributed by atoms with Gasteiger partial charge >= 0.3 is 0 Å². The molecule has 6 heteroatoms. The predicted octanol–water partition coefficient (Wildman–Crippen LogP) is 1.83. The monoisotopic (exact) mass is 233 g/mol. The number of nitriles is 1. The fourth-order valence-corrected chi connectivity index (χ4v) is 1.06. The number of nitro benzene ring substituents is 1. The van der Waals surface area contributed by atoms with E-state index in [1.165, 1.54) is 32.0 Å². The zero-order chi connectivity index (χ0) is 13.1. The Hall–Kier alpha value is -2.42. The molecule has 0 saturated heterocycles. The molecule has 0 N–H and O–H groups in total. The molecule has 6 nitrogen and oxygen atoms in total. The minimum absolute atomic E-state index is 0.0955. The fraction of sp³-hybridized carbons (Fsp3) is 0.273. The molecule has 1 aromatic carbocycles. The molecule has 0 aliphatic rings. The van der Waals surface area contributed by atoms with Crippen molar-refractivity contribution in [3.8, 4) is 6.07 Å². The van der Waals surface area contributed by atoms with Crippen molar-refractivity contribution in [2.24, 2.45) is 0 Å². The van der Waals surface area contributed by atoms with E-state index in [1.807, 2.05) is 6.07 Å². The van der Waals surface area contributed by atoms with E-state index in [4.69, 9.17) is 5.26 Å². The maximum Gasteiger partial charge on any atom is 0.270 e. The zero-order valence-corrected chi connectivity index (χ0v) is 9.45. The fourth-order valence-electron chi connectivity index (χ4n) is 1.06. The van der Waals surface area contributed by atoms with Gasteiger partial charge in [0.1, 0.15) is 6.07 Å². The number of non-ortho nitro benzene ring substituents is 1. The minimum Gasteiger partial charge on any atom is -0.623 e. The van der Waals surface area contributed by atoms with Gasteiger partial charge < -0.3 is 5.21 Å². The molecular weight excluding hydrogens is 222 g/mol. The molecule has 0 bridgehead atoms. The zero-order valence-electron chi connectivity index (χ0n) is 9.45.